The molecule has 22 heavy (non-hydrogen) atoms. The van der Waals surface area contributed by atoms with Gasteiger partial charge in [0.2, 0.25) is 0 Å². The fourth-order valence-corrected chi connectivity index (χ4v) is 2.71. The number of rotatable bonds is 3. The summed E-state index contributed by atoms with van der Waals surface area (Å²) in [6, 6.07) is 11.5. The lowest BCUT2D eigenvalue weighted by Crippen LogP contribution is -2.24. The van der Waals surface area contributed by atoms with E-state index in [1.807, 2.05) is 30.3 Å². The standard InChI is InChI=1S/C17H20N4O/c1-12-7-5-6-10-14(12)18-21-17(22)16-11-15(19-20-16)13-8-3-2-4-9-13/h2-4,8-9,11-12H,5-7,10H2,1H3,(H,19,20)(H,21,22)/t12-/m0/s1. The minimum atomic E-state index is -0.250. The quantitative estimate of drug-likeness (QED) is 0.852. The molecule has 3 rings (SSSR count). The van der Waals surface area contributed by atoms with Gasteiger partial charge in [-0.15, -0.1) is 0 Å². The molecule has 1 atom stereocenters. The first-order valence-corrected chi connectivity index (χ1v) is 7.71. The van der Waals surface area contributed by atoms with Gasteiger partial charge in [-0.1, -0.05) is 43.7 Å². The zero-order valence-electron chi connectivity index (χ0n) is 12.7. The third-order valence-corrected chi connectivity index (χ3v) is 4.08. The second-order valence-corrected chi connectivity index (χ2v) is 5.72. The monoisotopic (exact) mass is 296 g/mol. The number of benzene rings is 1. The number of nitrogens with zero attached hydrogens (tertiary/aromatic N) is 2. The highest BCUT2D eigenvalue weighted by atomic mass is 16.2. The number of H-pyrrole nitrogens is 1. The van der Waals surface area contributed by atoms with Gasteiger partial charge >= 0.3 is 0 Å². The lowest BCUT2D eigenvalue weighted by molar-refractivity contribution is 0.0949. The second-order valence-electron chi connectivity index (χ2n) is 5.72. The summed E-state index contributed by atoms with van der Waals surface area (Å²) in [5, 5.41) is 11.2. The summed E-state index contributed by atoms with van der Waals surface area (Å²) in [5.41, 5.74) is 5.88. The number of hydrazone groups is 1. The predicted octanol–water partition coefficient (Wildman–Crippen LogP) is 3.37. The second kappa shape index (κ2) is 6.56. The molecule has 1 saturated carbocycles. The van der Waals surface area contributed by atoms with Crippen molar-refractivity contribution in [2.24, 2.45) is 11.0 Å². The summed E-state index contributed by atoms with van der Waals surface area (Å²) in [7, 11) is 0. The van der Waals surface area contributed by atoms with Gasteiger partial charge in [-0.3, -0.25) is 9.89 Å². The van der Waals surface area contributed by atoms with E-state index in [1.54, 1.807) is 6.07 Å². The van der Waals surface area contributed by atoms with Crippen LogP contribution in [-0.4, -0.2) is 21.8 Å². The Hall–Kier alpha value is -2.43. The first-order valence-electron chi connectivity index (χ1n) is 7.71. The molecule has 1 aliphatic carbocycles. The van der Waals surface area contributed by atoms with Crippen LogP contribution >= 0.6 is 0 Å². The highest BCUT2D eigenvalue weighted by molar-refractivity contribution is 5.95. The van der Waals surface area contributed by atoms with Crippen molar-refractivity contribution in [3.05, 3.63) is 42.1 Å². The number of aromatic nitrogens is 2. The molecule has 0 spiro atoms. The topological polar surface area (TPSA) is 70.1 Å². The van der Waals surface area contributed by atoms with E-state index in [1.165, 1.54) is 6.42 Å². The molecule has 0 bridgehead atoms. The van der Waals surface area contributed by atoms with Crippen LogP contribution in [0.4, 0.5) is 0 Å². The average Bonchev–Trinajstić information content (AvgIpc) is 3.05. The Bertz CT molecular complexity index is 675. The molecule has 5 nitrogen and oxygen atoms in total. The van der Waals surface area contributed by atoms with Gasteiger partial charge < -0.3 is 0 Å². The van der Waals surface area contributed by atoms with Gasteiger partial charge in [0.1, 0.15) is 5.69 Å². The van der Waals surface area contributed by atoms with E-state index in [0.717, 1.165) is 36.2 Å². The van der Waals surface area contributed by atoms with Crippen LogP contribution in [0.25, 0.3) is 11.3 Å². The van der Waals surface area contributed by atoms with Crippen LogP contribution in [0.2, 0.25) is 0 Å². The fraction of sp³-hybridized carbons (Fsp3) is 0.353. The first kappa shape index (κ1) is 14.5. The van der Waals surface area contributed by atoms with Gasteiger partial charge in [-0.2, -0.15) is 10.2 Å². The molecule has 1 heterocycles. The van der Waals surface area contributed by atoms with E-state index in [0.29, 0.717) is 11.6 Å². The van der Waals surface area contributed by atoms with Gasteiger partial charge in [-0.05, 0) is 31.2 Å². The maximum Gasteiger partial charge on any atom is 0.289 e. The molecule has 0 unspecified atom stereocenters. The fourth-order valence-electron chi connectivity index (χ4n) is 2.71. The average molecular weight is 296 g/mol. The molecule has 0 aliphatic heterocycles. The molecular weight excluding hydrogens is 276 g/mol. The SMILES string of the molecule is C[C@H]1CCCCC1=NNC(=O)c1cc(-c2ccccc2)n[nH]1. The van der Waals surface area contributed by atoms with Crippen molar-refractivity contribution in [2.75, 3.05) is 0 Å². The maximum absolute atomic E-state index is 12.1. The third kappa shape index (κ3) is 3.24. The first-order chi connectivity index (χ1) is 10.7. The Kier molecular flexibility index (Phi) is 4.32. The minimum absolute atomic E-state index is 0.250. The van der Waals surface area contributed by atoms with Gasteiger partial charge in [0.15, 0.2) is 0 Å². The van der Waals surface area contributed by atoms with Crippen molar-refractivity contribution >= 4 is 11.6 Å². The van der Waals surface area contributed by atoms with Crippen molar-refractivity contribution in [1.82, 2.24) is 15.6 Å². The zero-order chi connectivity index (χ0) is 15.4. The van der Waals surface area contributed by atoms with Crippen LogP contribution in [0, 0.1) is 5.92 Å². The lowest BCUT2D eigenvalue weighted by atomic mass is 9.89. The van der Waals surface area contributed by atoms with Crippen molar-refractivity contribution in [3.8, 4) is 11.3 Å². The maximum atomic E-state index is 12.1. The third-order valence-electron chi connectivity index (χ3n) is 4.08. The van der Waals surface area contributed by atoms with Crippen LogP contribution < -0.4 is 5.43 Å². The number of nitrogens with one attached hydrogen (secondary N) is 2. The Morgan fingerprint density at radius 3 is 2.91 bits per heavy atom. The van der Waals surface area contributed by atoms with Crippen LogP contribution in [0.15, 0.2) is 41.5 Å². The Labute approximate surface area is 129 Å². The van der Waals surface area contributed by atoms with E-state index in [4.69, 9.17) is 0 Å². The number of carbonyl (C=O) groups excluding carboxylic acids is 1. The molecule has 0 saturated heterocycles. The number of amides is 1. The van der Waals surface area contributed by atoms with Gasteiger partial charge in [0, 0.05) is 11.3 Å². The summed E-state index contributed by atoms with van der Waals surface area (Å²) in [5.74, 6) is 0.204. The minimum Gasteiger partial charge on any atom is -0.272 e. The van der Waals surface area contributed by atoms with E-state index >= 15 is 0 Å². The van der Waals surface area contributed by atoms with Crippen LogP contribution in [0.3, 0.4) is 0 Å². The number of hydrogen-bond acceptors (Lipinski definition) is 3. The molecule has 1 amide bonds. The zero-order valence-corrected chi connectivity index (χ0v) is 12.7. The van der Waals surface area contributed by atoms with Crippen molar-refractivity contribution in [3.63, 3.8) is 0 Å². The molecule has 114 valence electrons. The Morgan fingerprint density at radius 2 is 2.14 bits per heavy atom. The number of hydrogen-bond donors (Lipinski definition) is 2. The summed E-state index contributed by atoms with van der Waals surface area (Å²) in [6.07, 6.45) is 4.52. The number of aromatic amines is 1. The molecule has 1 aromatic carbocycles. The highest BCUT2D eigenvalue weighted by Crippen LogP contribution is 2.21. The molecule has 0 radical (unpaired) electrons. The Balaban J connectivity index is 1.68. The van der Waals surface area contributed by atoms with Gasteiger partial charge in [0.05, 0.1) is 5.69 Å². The summed E-state index contributed by atoms with van der Waals surface area (Å²) in [4.78, 5) is 12.1. The molecular formula is C17H20N4O. The molecule has 1 aliphatic rings. The molecule has 2 aromatic rings. The van der Waals surface area contributed by atoms with E-state index in [9.17, 15) is 4.79 Å². The van der Waals surface area contributed by atoms with Crippen molar-refractivity contribution in [1.29, 1.82) is 0 Å². The van der Waals surface area contributed by atoms with Crippen LogP contribution in [0.1, 0.15) is 43.1 Å². The number of carbonyl (C=O) groups is 1. The molecule has 5 heteroatoms. The lowest BCUT2D eigenvalue weighted by Gasteiger charge is -2.19. The van der Waals surface area contributed by atoms with Crippen molar-refractivity contribution in [2.45, 2.75) is 32.6 Å². The summed E-state index contributed by atoms with van der Waals surface area (Å²) < 4.78 is 0. The van der Waals surface area contributed by atoms with Crippen LogP contribution in [0.5, 0.6) is 0 Å². The van der Waals surface area contributed by atoms with E-state index < -0.39 is 0 Å². The van der Waals surface area contributed by atoms with Gasteiger partial charge in [0.25, 0.3) is 5.91 Å². The largest absolute Gasteiger partial charge is 0.289 e. The molecule has 1 aromatic heterocycles. The smallest absolute Gasteiger partial charge is 0.272 e. The van der Waals surface area contributed by atoms with Crippen molar-refractivity contribution < 1.29 is 4.79 Å². The normalized spacial score (nSPS) is 20.0. The molecule has 1 fully saturated rings. The van der Waals surface area contributed by atoms with E-state index in [-0.39, 0.29) is 5.91 Å². The Morgan fingerprint density at radius 1 is 1.32 bits per heavy atom. The van der Waals surface area contributed by atoms with Crippen LogP contribution in [-0.2, 0) is 0 Å². The summed E-state index contributed by atoms with van der Waals surface area (Å²) in [6.45, 7) is 2.16. The van der Waals surface area contributed by atoms with Gasteiger partial charge in [-0.25, -0.2) is 5.43 Å². The highest BCUT2D eigenvalue weighted by Gasteiger charge is 2.17. The predicted molar refractivity (Wildman–Crippen MR) is 86.6 cm³/mol. The summed E-state index contributed by atoms with van der Waals surface area (Å²) >= 11 is 0. The van der Waals surface area contributed by atoms with E-state index in [2.05, 4.69) is 27.6 Å². The molecule has 2 N–H and O–H groups in total.